The van der Waals surface area contributed by atoms with Crippen LogP contribution in [0.2, 0.25) is 0 Å². The topological polar surface area (TPSA) is 43.6 Å². The summed E-state index contributed by atoms with van der Waals surface area (Å²) in [5, 5.41) is 2.53. The number of para-hydroxylation sites is 1. The van der Waals surface area contributed by atoms with E-state index in [1.807, 2.05) is 0 Å². The van der Waals surface area contributed by atoms with Crippen molar-refractivity contribution in [2.75, 3.05) is 0 Å². The van der Waals surface area contributed by atoms with E-state index in [2.05, 4.69) is 186 Å². The molecule has 0 radical (unpaired) electrons. The Morgan fingerprint density at radius 2 is 1.24 bits per heavy atom. The summed E-state index contributed by atoms with van der Waals surface area (Å²) >= 11 is 0. The van der Waals surface area contributed by atoms with E-state index in [1.54, 1.807) is 0 Å². The van der Waals surface area contributed by atoms with Gasteiger partial charge in [0.25, 0.3) is 0 Å². The second-order valence-corrected chi connectivity index (χ2v) is 24.9. The van der Waals surface area contributed by atoms with E-state index in [-0.39, 0.29) is 5.41 Å². The van der Waals surface area contributed by atoms with Gasteiger partial charge in [0.05, 0.1) is 11.0 Å². The fourth-order valence-electron chi connectivity index (χ4n) is 16.6. The lowest BCUT2D eigenvalue weighted by Crippen LogP contribution is -2.53. The second-order valence-electron chi connectivity index (χ2n) is 24.9. The zero-order valence-corrected chi connectivity index (χ0v) is 43.8. The monoisotopic (exact) mass is 947 g/mol. The molecule has 5 aliphatic carbocycles. The fraction of sp³-hybridized carbons (Fsp3) is 0.426. The molecule has 0 bridgehead atoms. The molecule has 6 aromatic carbocycles. The molecule has 0 spiro atoms. The van der Waals surface area contributed by atoms with E-state index in [0.29, 0.717) is 34.2 Å². The predicted octanol–water partition coefficient (Wildman–Crippen LogP) is 18.2. The minimum atomic E-state index is -0.0995. The van der Waals surface area contributed by atoms with E-state index >= 15 is 0 Å². The number of nitrogens with zero attached hydrogens (tertiary/aromatic N) is 4. The average Bonchev–Trinajstić information content (AvgIpc) is 4.00. The van der Waals surface area contributed by atoms with E-state index in [0.717, 1.165) is 57.9 Å². The first kappa shape index (κ1) is 46.0. The predicted molar refractivity (Wildman–Crippen MR) is 299 cm³/mol. The van der Waals surface area contributed by atoms with Crippen molar-refractivity contribution >= 4 is 21.8 Å². The van der Waals surface area contributed by atoms with E-state index in [1.165, 1.54) is 133 Å². The van der Waals surface area contributed by atoms with Crippen molar-refractivity contribution in [3.63, 3.8) is 0 Å². The molecule has 5 aliphatic rings. The van der Waals surface area contributed by atoms with Crippen LogP contribution in [0.3, 0.4) is 0 Å². The molecule has 0 N–H and O–H groups in total. The lowest BCUT2D eigenvalue weighted by atomic mass is 9.44. The Bertz CT molecular complexity index is 3320. The van der Waals surface area contributed by atoms with Gasteiger partial charge in [-0.3, -0.25) is 0 Å². The summed E-state index contributed by atoms with van der Waals surface area (Å²) in [5.41, 5.74) is 14.4. The van der Waals surface area contributed by atoms with Gasteiger partial charge in [0.2, 0.25) is 0 Å². The van der Waals surface area contributed by atoms with Crippen LogP contribution in [0.5, 0.6) is 0 Å². The SMILES string of the molecule is CC(C)CCCC[C@H]1CC[C@H]2[C@@H]3CC[C@H]4CC(c5ccc(-c6nc(-c7ccccc7)nc(-c7cccc(-n8c9ccccc9c9cc%10c(cc98)C(C)(C)c8ccccc8-%10)c7)n6)cc5)CC[C@]4(C)[C@H]3CC[C@]12C. The van der Waals surface area contributed by atoms with E-state index < -0.39 is 0 Å². The van der Waals surface area contributed by atoms with E-state index in [9.17, 15) is 0 Å². The van der Waals surface area contributed by atoms with Crippen LogP contribution in [-0.4, -0.2) is 19.5 Å². The first-order valence-electron chi connectivity index (χ1n) is 28.2. The van der Waals surface area contributed by atoms with Crippen LogP contribution in [0, 0.1) is 46.3 Å². The van der Waals surface area contributed by atoms with Crippen molar-refractivity contribution in [2.45, 2.75) is 136 Å². The standard InChI is InChI=1S/C68H74N4/c1-43(2)17-10-11-21-49-32-34-58-54-33-31-50-39-47(35-37-68(50,6)59(54)36-38-67(49,58)5)44-27-29-46(30-28-44)64-69-63(45-18-8-7-9-19-45)70-65(71-64)48-20-16-22-51(40-48)72-61-26-15-13-24-53(61)56-41-55-52-23-12-14-25-57(52)66(3,4)60(55)42-62(56)72/h7-9,12-16,18-20,22-30,40-43,47,49-50,54,58-59H,10-11,17,21,31-39H2,1-6H3/t47?,49-,50-,54-,58-,59-,67+,68-/m0/s1. The third-order valence-corrected chi connectivity index (χ3v) is 20.5. The highest BCUT2D eigenvalue weighted by Gasteiger charge is 2.60. The van der Waals surface area contributed by atoms with Crippen LogP contribution < -0.4 is 0 Å². The van der Waals surface area contributed by atoms with Gasteiger partial charge >= 0.3 is 0 Å². The van der Waals surface area contributed by atoms with Gasteiger partial charge in [0, 0.05) is 38.6 Å². The second kappa shape index (κ2) is 17.7. The van der Waals surface area contributed by atoms with Gasteiger partial charge in [-0.15, -0.1) is 0 Å². The molecule has 8 atom stereocenters. The normalized spacial score (nSPS) is 27.1. The van der Waals surface area contributed by atoms with E-state index in [4.69, 9.17) is 15.0 Å². The van der Waals surface area contributed by atoms with Crippen LogP contribution in [0.25, 0.3) is 72.8 Å². The maximum Gasteiger partial charge on any atom is 0.164 e. The average molecular weight is 947 g/mol. The highest BCUT2D eigenvalue weighted by Crippen LogP contribution is 2.69. The molecule has 1 unspecified atom stereocenters. The fourth-order valence-corrected chi connectivity index (χ4v) is 16.6. The molecule has 13 rings (SSSR count). The number of aromatic nitrogens is 4. The first-order chi connectivity index (χ1) is 35.0. The Balaban J connectivity index is 0.780. The lowest BCUT2D eigenvalue weighted by Gasteiger charge is -2.61. The highest BCUT2D eigenvalue weighted by atomic mass is 15.0. The summed E-state index contributed by atoms with van der Waals surface area (Å²) in [7, 11) is 0. The number of rotatable bonds is 10. The van der Waals surface area contributed by atoms with Crippen LogP contribution >= 0.6 is 0 Å². The van der Waals surface area contributed by atoms with Crippen molar-refractivity contribution in [1.82, 2.24) is 19.5 Å². The van der Waals surface area contributed by atoms with Gasteiger partial charge in [0.15, 0.2) is 17.5 Å². The number of fused-ring (bicyclic) bond motifs is 11. The molecule has 366 valence electrons. The minimum absolute atomic E-state index is 0.0995. The number of benzene rings is 6. The summed E-state index contributed by atoms with van der Waals surface area (Å²) in [6, 6.07) is 51.3. The Hall–Kier alpha value is -5.87. The Kier molecular flexibility index (Phi) is 11.3. The zero-order valence-electron chi connectivity index (χ0n) is 43.8. The molecule has 72 heavy (non-hydrogen) atoms. The van der Waals surface area contributed by atoms with Gasteiger partial charge < -0.3 is 4.57 Å². The molecule has 4 fully saturated rings. The molecule has 2 heterocycles. The summed E-state index contributed by atoms with van der Waals surface area (Å²) in [6.07, 6.45) is 18.6. The van der Waals surface area contributed by atoms with Crippen LogP contribution in [0.1, 0.15) is 148 Å². The first-order valence-corrected chi connectivity index (χ1v) is 28.2. The quantitative estimate of drug-likeness (QED) is 0.128. The largest absolute Gasteiger partial charge is 0.309 e. The molecule has 0 amide bonds. The minimum Gasteiger partial charge on any atom is -0.309 e. The van der Waals surface area contributed by atoms with Crippen molar-refractivity contribution in [3.8, 4) is 51.0 Å². The maximum absolute atomic E-state index is 5.30. The number of hydrogen-bond donors (Lipinski definition) is 0. The maximum atomic E-state index is 5.30. The van der Waals surface area contributed by atoms with Crippen molar-refractivity contribution < 1.29 is 0 Å². The summed E-state index contributed by atoms with van der Waals surface area (Å²) < 4.78 is 2.44. The van der Waals surface area contributed by atoms with Crippen molar-refractivity contribution in [2.24, 2.45) is 46.3 Å². The molecule has 2 aromatic heterocycles. The molecular formula is C68H74N4. The molecule has 8 aromatic rings. The summed E-state index contributed by atoms with van der Waals surface area (Å²) in [5.74, 6) is 8.18. The lowest BCUT2D eigenvalue weighted by molar-refractivity contribution is -0.114. The molecule has 4 nitrogen and oxygen atoms in total. The van der Waals surface area contributed by atoms with Gasteiger partial charge in [-0.1, -0.05) is 170 Å². The molecule has 0 saturated heterocycles. The number of hydrogen-bond acceptors (Lipinski definition) is 3. The van der Waals surface area contributed by atoms with Gasteiger partial charge in [0.1, 0.15) is 0 Å². The molecule has 4 heteroatoms. The third kappa shape index (κ3) is 7.46. The third-order valence-electron chi connectivity index (χ3n) is 20.5. The van der Waals surface area contributed by atoms with Gasteiger partial charge in [-0.25, -0.2) is 15.0 Å². The number of unbranched alkanes of at least 4 members (excludes halogenated alkanes) is 1. The van der Waals surface area contributed by atoms with Gasteiger partial charge in [-0.2, -0.15) is 0 Å². The van der Waals surface area contributed by atoms with Crippen molar-refractivity contribution in [1.29, 1.82) is 0 Å². The summed E-state index contributed by atoms with van der Waals surface area (Å²) in [6.45, 7) is 15.0. The molecule has 4 saturated carbocycles. The van der Waals surface area contributed by atoms with Crippen LogP contribution in [0.4, 0.5) is 0 Å². The summed E-state index contributed by atoms with van der Waals surface area (Å²) in [4.78, 5) is 15.7. The Morgan fingerprint density at radius 1 is 0.542 bits per heavy atom. The highest BCUT2D eigenvalue weighted by molar-refractivity contribution is 6.11. The Labute approximate surface area is 429 Å². The zero-order chi connectivity index (χ0) is 48.9. The van der Waals surface area contributed by atoms with Gasteiger partial charge in [-0.05, 0) is 175 Å². The van der Waals surface area contributed by atoms with Crippen LogP contribution in [-0.2, 0) is 5.41 Å². The van der Waals surface area contributed by atoms with Crippen LogP contribution in [0.15, 0.2) is 140 Å². The smallest absolute Gasteiger partial charge is 0.164 e. The molecular weight excluding hydrogens is 873 g/mol. The molecule has 0 aliphatic heterocycles. The van der Waals surface area contributed by atoms with Crippen molar-refractivity contribution in [3.05, 3.63) is 156 Å². The Morgan fingerprint density at radius 3 is 2.04 bits per heavy atom.